The molecule has 0 aliphatic carbocycles. The molecule has 142 valence electrons. The van der Waals surface area contributed by atoms with Gasteiger partial charge < -0.3 is 9.64 Å². The van der Waals surface area contributed by atoms with Crippen LogP contribution in [-0.4, -0.2) is 44.0 Å². The van der Waals surface area contributed by atoms with Crippen LogP contribution in [0.3, 0.4) is 0 Å². The van der Waals surface area contributed by atoms with Crippen molar-refractivity contribution in [1.82, 2.24) is 24.8 Å². The third kappa shape index (κ3) is 3.75. The lowest BCUT2D eigenvalue weighted by Crippen LogP contribution is -2.41. The van der Waals surface area contributed by atoms with E-state index in [1.54, 1.807) is 18.2 Å². The van der Waals surface area contributed by atoms with Gasteiger partial charge in [-0.15, -0.1) is 15.3 Å². The first-order chi connectivity index (χ1) is 12.9. The number of fused-ring (bicyclic) bond motifs is 1. The molecule has 0 bridgehead atoms. The van der Waals surface area contributed by atoms with Crippen LogP contribution in [0.25, 0.3) is 5.65 Å². The maximum absolute atomic E-state index is 13.0. The predicted molar refractivity (Wildman–Crippen MR) is 90.9 cm³/mol. The number of pyridine rings is 1. The fraction of sp³-hybridized carbons (Fsp3) is 0.375. The minimum Gasteiger partial charge on any atom is -0.472 e. The van der Waals surface area contributed by atoms with Gasteiger partial charge in [0, 0.05) is 18.8 Å². The van der Waals surface area contributed by atoms with Gasteiger partial charge in [-0.3, -0.25) is 0 Å². The number of halogens is 4. The lowest BCUT2D eigenvalue weighted by atomic mass is 10.1. The molecule has 1 unspecified atom stereocenters. The molecule has 0 amide bonds. The number of alkyl halides is 3. The summed E-state index contributed by atoms with van der Waals surface area (Å²) < 4.78 is 45.7. The van der Waals surface area contributed by atoms with Crippen molar-refractivity contribution in [2.45, 2.75) is 25.1 Å². The summed E-state index contributed by atoms with van der Waals surface area (Å²) in [4.78, 5) is 5.99. The van der Waals surface area contributed by atoms with Gasteiger partial charge in [-0.2, -0.15) is 17.7 Å². The van der Waals surface area contributed by atoms with Crippen LogP contribution in [-0.2, 0) is 6.18 Å². The quantitative estimate of drug-likeness (QED) is 0.674. The Labute approximate surface area is 156 Å². The molecule has 1 aliphatic heterocycles. The van der Waals surface area contributed by atoms with Gasteiger partial charge in [0.25, 0.3) is 5.82 Å². The first kappa shape index (κ1) is 17.8. The Bertz CT molecular complexity index is 945. The Morgan fingerprint density at radius 3 is 2.74 bits per heavy atom. The van der Waals surface area contributed by atoms with Crippen LogP contribution in [0.5, 0.6) is 5.88 Å². The Balaban J connectivity index is 1.54. The highest BCUT2D eigenvalue weighted by Crippen LogP contribution is 2.28. The minimum atomic E-state index is -4.63. The second-order valence-electron chi connectivity index (χ2n) is 6.13. The van der Waals surface area contributed by atoms with Gasteiger partial charge in [0.2, 0.25) is 5.88 Å². The number of hydrogen-bond donors (Lipinski definition) is 0. The van der Waals surface area contributed by atoms with E-state index in [0.717, 1.165) is 17.4 Å². The molecule has 0 N–H and O–H groups in total. The van der Waals surface area contributed by atoms with E-state index in [1.165, 1.54) is 12.3 Å². The molecule has 4 heterocycles. The molecule has 1 fully saturated rings. The zero-order valence-corrected chi connectivity index (χ0v) is 14.7. The molecule has 27 heavy (non-hydrogen) atoms. The summed E-state index contributed by atoms with van der Waals surface area (Å²) in [6.45, 7) is 1.14. The number of aromatic nitrogens is 5. The molecule has 4 rings (SSSR count). The lowest BCUT2D eigenvalue weighted by Gasteiger charge is -2.33. The van der Waals surface area contributed by atoms with Crippen LogP contribution in [0.15, 0.2) is 30.5 Å². The summed E-state index contributed by atoms with van der Waals surface area (Å²) in [6, 6.07) is 6.46. The van der Waals surface area contributed by atoms with Crippen molar-refractivity contribution in [3.05, 3.63) is 41.3 Å². The average Bonchev–Trinajstić information content (AvgIpc) is 3.07. The standard InChI is InChI=1S/C16H14ClF3N6O/c17-10-3-6-14(21-8-10)27-11-2-1-7-25(9-11)13-5-4-12-22-23-15(16(18,19)20)26(12)24-13/h3-6,8,11H,1-2,7,9H2. The monoisotopic (exact) mass is 398 g/mol. The fourth-order valence-corrected chi connectivity index (χ4v) is 3.08. The van der Waals surface area contributed by atoms with Gasteiger partial charge in [-0.25, -0.2) is 4.98 Å². The Morgan fingerprint density at radius 1 is 1.15 bits per heavy atom. The molecule has 1 atom stereocenters. The van der Waals surface area contributed by atoms with E-state index < -0.39 is 12.0 Å². The highest BCUT2D eigenvalue weighted by atomic mass is 35.5. The average molecular weight is 399 g/mol. The van der Waals surface area contributed by atoms with Crippen LogP contribution in [0.4, 0.5) is 19.0 Å². The number of piperidine rings is 1. The highest BCUT2D eigenvalue weighted by Gasteiger charge is 2.38. The first-order valence-corrected chi connectivity index (χ1v) is 8.61. The number of ether oxygens (including phenoxy) is 1. The molecule has 0 saturated carbocycles. The number of anilines is 1. The van der Waals surface area contributed by atoms with E-state index in [0.29, 0.717) is 29.8 Å². The predicted octanol–water partition coefficient (Wildman–Crippen LogP) is 3.24. The molecule has 0 aromatic carbocycles. The van der Waals surface area contributed by atoms with E-state index in [2.05, 4.69) is 20.3 Å². The normalized spacial score (nSPS) is 18.1. The molecule has 7 nitrogen and oxygen atoms in total. The molecule has 3 aromatic rings. The van der Waals surface area contributed by atoms with Crippen LogP contribution in [0, 0.1) is 0 Å². The molecule has 0 spiro atoms. The summed E-state index contributed by atoms with van der Waals surface area (Å²) in [6.07, 6.45) is -1.67. The van der Waals surface area contributed by atoms with Crippen LogP contribution in [0.2, 0.25) is 5.02 Å². The summed E-state index contributed by atoms with van der Waals surface area (Å²) in [5.41, 5.74) is 0.0428. The van der Waals surface area contributed by atoms with Crippen LogP contribution in [0.1, 0.15) is 18.7 Å². The molecule has 0 radical (unpaired) electrons. The molecule has 1 saturated heterocycles. The van der Waals surface area contributed by atoms with Gasteiger partial charge in [0.1, 0.15) is 11.9 Å². The van der Waals surface area contributed by atoms with Gasteiger partial charge in [0.05, 0.1) is 11.6 Å². The number of nitrogens with zero attached hydrogens (tertiary/aromatic N) is 6. The lowest BCUT2D eigenvalue weighted by molar-refractivity contribution is -0.146. The molecular weight excluding hydrogens is 385 g/mol. The zero-order chi connectivity index (χ0) is 19.0. The zero-order valence-electron chi connectivity index (χ0n) is 13.9. The molecule has 3 aromatic heterocycles. The summed E-state index contributed by atoms with van der Waals surface area (Å²) in [5, 5.41) is 11.3. The van der Waals surface area contributed by atoms with E-state index in [1.807, 2.05) is 4.90 Å². The molecule has 1 aliphatic rings. The largest absolute Gasteiger partial charge is 0.472 e. The SMILES string of the molecule is FC(F)(F)c1nnc2ccc(N3CCCC(Oc4ccc(Cl)cn4)C3)nn12. The van der Waals surface area contributed by atoms with E-state index >= 15 is 0 Å². The van der Waals surface area contributed by atoms with Crippen molar-refractivity contribution in [1.29, 1.82) is 0 Å². The Morgan fingerprint density at radius 2 is 2.00 bits per heavy atom. The summed E-state index contributed by atoms with van der Waals surface area (Å²) in [7, 11) is 0. The smallest absolute Gasteiger partial charge is 0.453 e. The number of hydrogen-bond acceptors (Lipinski definition) is 6. The molecular formula is C16H14ClF3N6O. The minimum absolute atomic E-state index is 0.0428. The van der Waals surface area contributed by atoms with Gasteiger partial charge >= 0.3 is 6.18 Å². The molecule has 11 heteroatoms. The second kappa shape index (κ2) is 6.84. The van der Waals surface area contributed by atoms with E-state index in [9.17, 15) is 13.2 Å². The third-order valence-corrected chi connectivity index (χ3v) is 4.42. The summed E-state index contributed by atoms with van der Waals surface area (Å²) in [5.74, 6) is -0.285. The van der Waals surface area contributed by atoms with Crippen molar-refractivity contribution in [3.8, 4) is 5.88 Å². The summed E-state index contributed by atoms with van der Waals surface area (Å²) >= 11 is 5.81. The van der Waals surface area contributed by atoms with Crippen LogP contribution < -0.4 is 9.64 Å². The van der Waals surface area contributed by atoms with Crippen molar-refractivity contribution < 1.29 is 17.9 Å². The van der Waals surface area contributed by atoms with Gasteiger partial charge in [0.15, 0.2) is 5.65 Å². The van der Waals surface area contributed by atoms with Crippen LogP contribution >= 0.6 is 11.6 Å². The van der Waals surface area contributed by atoms with Gasteiger partial charge in [-0.05, 0) is 31.0 Å². The Hall–Kier alpha value is -2.62. The maximum atomic E-state index is 13.0. The Kier molecular flexibility index (Phi) is 4.50. The van der Waals surface area contributed by atoms with Gasteiger partial charge in [-0.1, -0.05) is 11.6 Å². The number of rotatable bonds is 3. The van der Waals surface area contributed by atoms with Crippen molar-refractivity contribution in [2.75, 3.05) is 18.0 Å². The fourth-order valence-electron chi connectivity index (χ4n) is 2.97. The van der Waals surface area contributed by atoms with Crippen molar-refractivity contribution in [2.24, 2.45) is 0 Å². The topological polar surface area (TPSA) is 68.4 Å². The van der Waals surface area contributed by atoms with Crippen molar-refractivity contribution in [3.63, 3.8) is 0 Å². The first-order valence-electron chi connectivity index (χ1n) is 8.23. The van der Waals surface area contributed by atoms with E-state index in [4.69, 9.17) is 16.3 Å². The highest BCUT2D eigenvalue weighted by molar-refractivity contribution is 6.30. The van der Waals surface area contributed by atoms with E-state index in [-0.39, 0.29) is 11.8 Å². The van der Waals surface area contributed by atoms with Crippen molar-refractivity contribution >= 4 is 23.1 Å². The maximum Gasteiger partial charge on any atom is 0.453 e. The second-order valence-corrected chi connectivity index (χ2v) is 6.56. The third-order valence-electron chi connectivity index (χ3n) is 4.19.